The van der Waals surface area contributed by atoms with E-state index in [-0.39, 0.29) is 17.9 Å². The molecule has 1 aromatic carbocycles. The van der Waals surface area contributed by atoms with Gasteiger partial charge in [0, 0.05) is 43.7 Å². The lowest BCUT2D eigenvalue weighted by Gasteiger charge is -2.35. The molecule has 2 aromatic rings. The number of benzene rings is 1. The average molecular weight is 413 g/mol. The summed E-state index contributed by atoms with van der Waals surface area (Å²) in [6.07, 6.45) is 6.21. The third-order valence-electron chi connectivity index (χ3n) is 5.89. The topological polar surface area (TPSA) is 65.5 Å². The fraction of sp³-hybridized carbons (Fsp3) is 0.500. The van der Waals surface area contributed by atoms with Gasteiger partial charge >= 0.3 is 0 Å². The second-order valence-corrected chi connectivity index (χ2v) is 8.79. The number of hydrogen-bond donors (Lipinski definition) is 1. The maximum absolute atomic E-state index is 12.8. The zero-order valence-electron chi connectivity index (χ0n) is 16.6. The lowest BCUT2D eigenvalue weighted by Crippen LogP contribution is -2.52. The van der Waals surface area contributed by atoms with Crippen molar-refractivity contribution in [1.29, 1.82) is 0 Å². The summed E-state index contributed by atoms with van der Waals surface area (Å²) in [6.45, 7) is 3.28. The fourth-order valence-electron chi connectivity index (χ4n) is 4.28. The van der Waals surface area contributed by atoms with Crippen LogP contribution in [0.2, 0.25) is 0 Å². The highest BCUT2D eigenvalue weighted by Crippen LogP contribution is 2.27. The van der Waals surface area contributed by atoms with Gasteiger partial charge in [-0.05, 0) is 18.4 Å². The van der Waals surface area contributed by atoms with Gasteiger partial charge in [-0.25, -0.2) is 4.98 Å². The molecule has 2 fully saturated rings. The van der Waals surface area contributed by atoms with Crippen LogP contribution in [0.1, 0.15) is 42.3 Å². The number of carbonyl (C=O) groups is 2. The lowest BCUT2D eigenvalue weighted by atomic mass is 10.1. The first kappa shape index (κ1) is 20.0. The summed E-state index contributed by atoms with van der Waals surface area (Å²) in [5, 5.41) is 5.96. The van der Waals surface area contributed by atoms with Crippen molar-refractivity contribution >= 4 is 23.2 Å². The van der Waals surface area contributed by atoms with Gasteiger partial charge in [0.05, 0.1) is 6.54 Å². The molecule has 1 unspecified atom stereocenters. The molecule has 7 heteroatoms. The Balaban J connectivity index is 1.30. The molecule has 2 aliphatic rings. The molecule has 4 rings (SSSR count). The standard InChI is InChI=1S/C22H28N4O2S/c27-19(24-20(21-23-10-15-29-21)17-6-2-1-3-7-17)16-25-11-13-26(14-12-25)22(28)18-8-4-5-9-18/h1-3,6-7,10,15,18,20H,4-5,8-9,11-14,16H2,(H,24,27). The predicted molar refractivity (Wildman–Crippen MR) is 114 cm³/mol. The Morgan fingerprint density at radius 3 is 2.48 bits per heavy atom. The van der Waals surface area contributed by atoms with Crippen LogP contribution in [0.15, 0.2) is 41.9 Å². The zero-order chi connectivity index (χ0) is 20.1. The number of aromatic nitrogens is 1. The van der Waals surface area contributed by atoms with Crippen molar-refractivity contribution in [2.75, 3.05) is 32.7 Å². The molecule has 0 spiro atoms. The minimum absolute atomic E-state index is 0.00961. The minimum Gasteiger partial charge on any atom is -0.342 e. The molecule has 154 valence electrons. The van der Waals surface area contributed by atoms with Crippen LogP contribution in [-0.2, 0) is 9.59 Å². The average Bonchev–Trinajstić information content (AvgIpc) is 3.47. The Bertz CT molecular complexity index is 797. The normalized spacial score (nSPS) is 19.2. The highest BCUT2D eigenvalue weighted by atomic mass is 32.1. The number of thiazole rings is 1. The highest BCUT2D eigenvalue weighted by molar-refractivity contribution is 7.09. The van der Waals surface area contributed by atoms with E-state index in [4.69, 9.17) is 0 Å². The number of piperazine rings is 1. The van der Waals surface area contributed by atoms with Crippen LogP contribution in [-0.4, -0.2) is 59.3 Å². The Morgan fingerprint density at radius 1 is 1.10 bits per heavy atom. The summed E-state index contributed by atoms with van der Waals surface area (Å²) < 4.78 is 0. The zero-order valence-corrected chi connectivity index (χ0v) is 17.4. The molecule has 1 aromatic heterocycles. The summed E-state index contributed by atoms with van der Waals surface area (Å²) in [6, 6.07) is 9.72. The number of rotatable bonds is 6. The Labute approximate surface area is 175 Å². The molecule has 1 saturated carbocycles. The first-order valence-corrected chi connectivity index (χ1v) is 11.3. The van der Waals surface area contributed by atoms with E-state index in [2.05, 4.69) is 15.2 Å². The van der Waals surface area contributed by atoms with Gasteiger partial charge in [0.25, 0.3) is 0 Å². The van der Waals surface area contributed by atoms with Gasteiger partial charge in [-0.3, -0.25) is 14.5 Å². The first-order valence-electron chi connectivity index (χ1n) is 10.5. The summed E-state index contributed by atoms with van der Waals surface area (Å²) in [5.74, 6) is 0.541. The number of hydrogen-bond acceptors (Lipinski definition) is 5. The van der Waals surface area contributed by atoms with E-state index in [1.165, 1.54) is 12.8 Å². The van der Waals surface area contributed by atoms with E-state index in [0.717, 1.165) is 49.6 Å². The number of nitrogens with one attached hydrogen (secondary N) is 1. The summed E-state index contributed by atoms with van der Waals surface area (Å²) in [5.41, 5.74) is 1.03. The Morgan fingerprint density at radius 2 is 1.83 bits per heavy atom. The number of carbonyl (C=O) groups excluding carboxylic acids is 2. The van der Waals surface area contributed by atoms with Crippen LogP contribution in [0.5, 0.6) is 0 Å². The van der Waals surface area contributed by atoms with E-state index in [1.807, 2.05) is 40.6 Å². The van der Waals surface area contributed by atoms with Crippen LogP contribution in [0.25, 0.3) is 0 Å². The van der Waals surface area contributed by atoms with E-state index in [9.17, 15) is 9.59 Å². The SMILES string of the molecule is O=C(CN1CCN(C(=O)C2CCCC2)CC1)NC(c1ccccc1)c1nccs1. The van der Waals surface area contributed by atoms with E-state index >= 15 is 0 Å². The molecule has 1 aliphatic heterocycles. The minimum atomic E-state index is -0.228. The Hall–Kier alpha value is -2.25. The van der Waals surface area contributed by atoms with Crippen LogP contribution in [0.3, 0.4) is 0 Å². The molecule has 29 heavy (non-hydrogen) atoms. The highest BCUT2D eigenvalue weighted by Gasteiger charge is 2.30. The quantitative estimate of drug-likeness (QED) is 0.792. The summed E-state index contributed by atoms with van der Waals surface area (Å²) in [4.78, 5) is 33.9. The van der Waals surface area contributed by atoms with Crippen LogP contribution < -0.4 is 5.32 Å². The van der Waals surface area contributed by atoms with Crippen molar-refractivity contribution < 1.29 is 9.59 Å². The molecule has 2 heterocycles. The van der Waals surface area contributed by atoms with Gasteiger partial charge in [0.2, 0.25) is 11.8 Å². The van der Waals surface area contributed by atoms with Gasteiger partial charge < -0.3 is 10.2 Å². The van der Waals surface area contributed by atoms with Crippen molar-refractivity contribution in [1.82, 2.24) is 20.1 Å². The summed E-state index contributed by atoms with van der Waals surface area (Å²) >= 11 is 1.55. The van der Waals surface area contributed by atoms with Crippen LogP contribution in [0.4, 0.5) is 0 Å². The van der Waals surface area contributed by atoms with Gasteiger partial charge in [-0.2, -0.15) is 0 Å². The van der Waals surface area contributed by atoms with Gasteiger partial charge in [-0.15, -0.1) is 11.3 Å². The second-order valence-electron chi connectivity index (χ2n) is 7.86. The van der Waals surface area contributed by atoms with Crippen LogP contribution in [0, 0.1) is 5.92 Å². The maximum Gasteiger partial charge on any atom is 0.235 e. The molecule has 6 nitrogen and oxygen atoms in total. The number of amides is 2. The molecule has 1 N–H and O–H groups in total. The predicted octanol–water partition coefficient (Wildman–Crippen LogP) is 2.68. The van der Waals surface area contributed by atoms with Crippen molar-refractivity contribution in [2.24, 2.45) is 5.92 Å². The summed E-state index contributed by atoms with van der Waals surface area (Å²) in [7, 11) is 0. The van der Waals surface area contributed by atoms with E-state index < -0.39 is 0 Å². The molecule has 1 atom stereocenters. The Kier molecular flexibility index (Phi) is 6.56. The molecule has 0 radical (unpaired) electrons. The van der Waals surface area contributed by atoms with Gasteiger partial charge in [-0.1, -0.05) is 43.2 Å². The van der Waals surface area contributed by atoms with Crippen molar-refractivity contribution in [2.45, 2.75) is 31.7 Å². The van der Waals surface area contributed by atoms with E-state index in [0.29, 0.717) is 12.5 Å². The molecule has 2 amide bonds. The first-order chi connectivity index (χ1) is 14.2. The fourth-order valence-corrected chi connectivity index (χ4v) is 4.99. The molecule has 1 aliphatic carbocycles. The third kappa shape index (κ3) is 5.03. The second kappa shape index (κ2) is 9.50. The van der Waals surface area contributed by atoms with Crippen molar-refractivity contribution in [3.8, 4) is 0 Å². The smallest absolute Gasteiger partial charge is 0.235 e. The monoisotopic (exact) mass is 412 g/mol. The van der Waals surface area contributed by atoms with Gasteiger partial charge in [0.1, 0.15) is 11.0 Å². The maximum atomic E-state index is 12.8. The largest absolute Gasteiger partial charge is 0.342 e. The third-order valence-corrected chi connectivity index (χ3v) is 6.73. The molecule has 0 bridgehead atoms. The molecular formula is C22H28N4O2S. The van der Waals surface area contributed by atoms with E-state index in [1.54, 1.807) is 17.5 Å². The lowest BCUT2D eigenvalue weighted by molar-refractivity contribution is -0.137. The molecule has 1 saturated heterocycles. The van der Waals surface area contributed by atoms with Crippen molar-refractivity contribution in [3.63, 3.8) is 0 Å². The van der Waals surface area contributed by atoms with Crippen molar-refractivity contribution in [3.05, 3.63) is 52.5 Å². The van der Waals surface area contributed by atoms with Crippen LogP contribution >= 0.6 is 11.3 Å². The number of nitrogens with zero attached hydrogens (tertiary/aromatic N) is 3. The molecular weight excluding hydrogens is 384 g/mol. The van der Waals surface area contributed by atoms with Gasteiger partial charge in [0.15, 0.2) is 0 Å².